The van der Waals surface area contributed by atoms with Crippen molar-refractivity contribution in [3.63, 3.8) is 0 Å². The normalized spacial score (nSPS) is 23.4. The Morgan fingerprint density at radius 3 is 2.71 bits per heavy atom. The van der Waals surface area contributed by atoms with Crippen LogP contribution in [0.25, 0.3) is 0 Å². The molecule has 1 aliphatic heterocycles. The van der Waals surface area contributed by atoms with E-state index < -0.39 is 0 Å². The molecule has 83 valence electrons. The molecule has 1 saturated heterocycles. The van der Waals surface area contributed by atoms with E-state index in [0.29, 0.717) is 0 Å². The highest BCUT2D eigenvalue weighted by atomic mass is 15.2. The molecule has 2 heteroatoms. The molecule has 1 atom stereocenters. The third-order valence-electron chi connectivity index (χ3n) is 3.22. The molecule has 0 aromatic heterocycles. The standard InChI is InChI=1S/C12H25N2/c1-4-12(2)6-9-14-8-5-7-13(3)10-11-14/h6,12H,4-5,7-11H2,1-3H3/t12-/m0/s1. The van der Waals surface area contributed by atoms with Crippen LogP contribution < -0.4 is 0 Å². The highest BCUT2D eigenvalue weighted by molar-refractivity contribution is 4.78. The number of likely N-dealkylation sites (N-methyl/N-ethyl adjacent to an activating group) is 1. The number of rotatable bonds is 4. The Hall–Kier alpha value is -0.0800. The van der Waals surface area contributed by atoms with E-state index in [1.54, 1.807) is 0 Å². The maximum atomic E-state index is 2.58. The van der Waals surface area contributed by atoms with Gasteiger partial charge in [-0.15, -0.1) is 0 Å². The van der Waals surface area contributed by atoms with Gasteiger partial charge in [0.25, 0.3) is 0 Å². The molecule has 1 rings (SSSR count). The second-order valence-electron chi connectivity index (χ2n) is 4.58. The lowest BCUT2D eigenvalue weighted by atomic mass is 10.1. The van der Waals surface area contributed by atoms with Crippen LogP contribution in [0.5, 0.6) is 0 Å². The lowest BCUT2D eigenvalue weighted by Crippen LogP contribution is -2.30. The SMILES string of the molecule is CC[C@H](C)[CH]CN1CCCN(C)CC1. The molecule has 0 aromatic carbocycles. The van der Waals surface area contributed by atoms with Gasteiger partial charge in [0.2, 0.25) is 0 Å². The van der Waals surface area contributed by atoms with Crippen LogP contribution in [-0.2, 0) is 0 Å². The quantitative estimate of drug-likeness (QED) is 0.679. The van der Waals surface area contributed by atoms with Crippen LogP contribution >= 0.6 is 0 Å². The second kappa shape index (κ2) is 6.41. The minimum absolute atomic E-state index is 0.774. The van der Waals surface area contributed by atoms with Crippen molar-refractivity contribution in [3.05, 3.63) is 6.42 Å². The van der Waals surface area contributed by atoms with Crippen LogP contribution in [0.2, 0.25) is 0 Å². The summed E-state index contributed by atoms with van der Waals surface area (Å²) in [7, 11) is 2.22. The summed E-state index contributed by atoms with van der Waals surface area (Å²) in [6.45, 7) is 10.8. The van der Waals surface area contributed by atoms with E-state index in [0.717, 1.165) is 5.92 Å². The average molecular weight is 197 g/mol. The van der Waals surface area contributed by atoms with Crippen molar-refractivity contribution in [2.24, 2.45) is 5.92 Å². The van der Waals surface area contributed by atoms with Gasteiger partial charge in [0, 0.05) is 19.6 Å². The Kier molecular flexibility index (Phi) is 5.49. The summed E-state index contributed by atoms with van der Waals surface area (Å²) >= 11 is 0. The molecular formula is C12H25N2. The monoisotopic (exact) mass is 197 g/mol. The first-order chi connectivity index (χ1) is 6.72. The summed E-state index contributed by atoms with van der Waals surface area (Å²) in [4.78, 5) is 5.01. The molecule has 1 radical (unpaired) electrons. The third-order valence-corrected chi connectivity index (χ3v) is 3.22. The van der Waals surface area contributed by atoms with Gasteiger partial charge in [0.15, 0.2) is 0 Å². The van der Waals surface area contributed by atoms with Gasteiger partial charge in [-0.2, -0.15) is 0 Å². The Balaban J connectivity index is 2.17. The van der Waals surface area contributed by atoms with Crippen molar-refractivity contribution >= 4 is 0 Å². The minimum atomic E-state index is 0.774. The van der Waals surface area contributed by atoms with Gasteiger partial charge >= 0.3 is 0 Å². The Labute approximate surface area is 89.3 Å². The van der Waals surface area contributed by atoms with Gasteiger partial charge in [-0.25, -0.2) is 0 Å². The molecule has 1 aliphatic rings. The van der Waals surface area contributed by atoms with Gasteiger partial charge in [0.1, 0.15) is 0 Å². The van der Waals surface area contributed by atoms with Crippen molar-refractivity contribution < 1.29 is 0 Å². The molecule has 0 spiro atoms. The molecule has 0 unspecified atom stereocenters. The fourth-order valence-electron chi connectivity index (χ4n) is 1.78. The maximum absolute atomic E-state index is 2.58. The summed E-state index contributed by atoms with van der Waals surface area (Å²) in [5, 5.41) is 0. The van der Waals surface area contributed by atoms with Gasteiger partial charge in [0.05, 0.1) is 0 Å². The predicted molar refractivity (Wildman–Crippen MR) is 62.3 cm³/mol. The predicted octanol–water partition coefficient (Wildman–Crippen LogP) is 1.87. The average Bonchev–Trinajstić information content (AvgIpc) is 2.39. The first-order valence-corrected chi connectivity index (χ1v) is 5.96. The van der Waals surface area contributed by atoms with Crippen molar-refractivity contribution in [1.82, 2.24) is 9.80 Å². The first kappa shape index (κ1) is 12.0. The van der Waals surface area contributed by atoms with Crippen LogP contribution in [-0.4, -0.2) is 49.6 Å². The largest absolute Gasteiger partial charge is 0.305 e. The van der Waals surface area contributed by atoms with Crippen LogP contribution in [0.4, 0.5) is 0 Å². The summed E-state index contributed by atoms with van der Waals surface area (Å²) in [6, 6.07) is 0. The van der Waals surface area contributed by atoms with Gasteiger partial charge in [-0.3, -0.25) is 0 Å². The summed E-state index contributed by atoms with van der Waals surface area (Å²) in [5.41, 5.74) is 0. The van der Waals surface area contributed by atoms with Gasteiger partial charge in [-0.1, -0.05) is 20.3 Å². The molecule has 14 heavy (non-hydrogen) atoms. The Morgan fingerprint density at radius 1 is 1.21 bits per heavy atom. The zero-order valence-electron chi connectivity index (χ0n) is 10.00. The summed E-state index contributed by atoms with van der Waals surface area (Å²) < 4.78 is 0. The Morgan fingerprint density at radius 2 is 2.00 bits per heavy atom. The van der Waals surface area contributed by atoms with Crippen molar-refractivity contribution in [1.29, 1.82) is 0 Å². The van der Waals surface area contributed by atoms with Crippen LogP contribution in [0.1, 0.15) is 26.7 Å². The molecule has 0 aromatic rings. The second-order valence-corrected chi connectivity index (χ2v) is 4.58. The van der Waals surface area contributed by atoms with E-state index in [1.165, 1.54) is 45.6 Å². The van der Waals surface area contributed by atoms with E-state index in [-0.39, 0.29) is 0 Å². The molecule has 2 nitrogen and oxygen atoms in total. The zero-order chi connectivity index (χ0) is 10.4. The van der Waals surface area contributed by atoms with E-state index >= 15 is 0 Å². The van der Waals surface area contributed by atoms with E-state index in [1.807, 2.05) is 0 Å². The summed E-state index contributed by atoms with van der Waals surface area (Å²) in [6.07, 6.45) is 5.06. The molecule has 1 fully saturated rings. The van der Waals surface area contributed by atoms with Crippen molar-refractivity contribution in [2.75, 3.05) is 39.8 Å². The molecule has 0 bridgehead atoms. The van der Waals surface area contributed by atoms with Crippen LogP contribution in [0.3, 0.4) is 0 Å². The highest BCUT2D eigenvalue weighted by Gasteiger charge is 2.12. The maximum Gasteiger partial charge on any atom is 0.0109 e. The molecule has 0 saturated carbocycles. The highest BCUT2D eigenvalue weighted by Crippen LogP contribution is 2.08. The third kappa shape index (κ3) is 4.43. The smallest absolute Gasteiger partial charge is 0.0109 e. The molecule has 1 heterocycles. The fourth-order valence-corrected chi connectivity index (χ4v) is 1.78. The van der Waals surface area contributed by atoms with E-state index in [4.69, 9.17) is 0 Å². The molecule has 0 N–H and O–H groups in total. The fraction of sp³-hybridized carbons (Fsp3) is 0.917. The van der Waals surface area contributed by atoms with Gasteiger partial charge < -0.3 is 9.80 Å². The molecule has 0 amide bonds. The van der Waals surface area contributed by atoms with Crippen LogP contribution in [0, 0.1) is 12.3 Å². The summed E-state index contributed by atoms with van der Waals surface area (Å²) in [5.74, 6) is 0.774. The van der Waals surface area contributed by atoms with E-state index in [9.17, 15) is 0 Å². The lowest BCUT2D eigenvalue weighted by molar-refractivity contribution is 0.286. The Bertz CT molecular complexity index is 147. The number of nitrogens with zero attached hydrogens (tertiary/aromatic N) is 2. The number of hydrogen-bond acceptors (Lipinski definition) is 2. The minimum Gasteiger partial charge on any atom is -0.305 e. The van der Waals surface area contributed by atoms with Crippen LogP contribution in [0.15, 0.2) is 0 Å². The molecular weight excluding hydrogens is 172 g/mol. The zero-order valence-corrected chi connectivity index (χ0v) is 10.00. The topological polar surface area (TPSA) is 6.48 Å². The number of hydrogen-bond donors (Lipinski definition) is 0. The molecule has 0 aliphatic carbocycles. The van der Waals surface area contributed by atoms with Crippen molar-refractivity contribution in [2.45, 2.75) is 26.7 Å². The van der Waals surface area contributed by atoms with Crippen molar-refractivity contribution in [3.8, 4) is 0 Å². The van der Waals surface area contributed by atoms with Gasteiger partial charge in [-0.05, 0) is 38.9 Å². The van der Waals surface area contributed by atoms with E-state index in [2.05, 4.69) is 37.1 Å². The first-order valence-electron chi connectivity index (χ1n) is 5.96. The lowest BCUT2D eigenvalue weighted by Gasteiger charge is -2.21.